The highest BCUT2D eigenvalue weighted by molar-refractivity contribution is 5.61. The summed E-state index contributed by atoms with van der Waals surface area (Å²) in [6.45, 7) is 1.57. The summed E-state index contributed by atoms with van der Waals surface area (Å²) in [6.07, 6.45) is 6.40. The molecule has 0 spiro atoms. The second-order valence-corrected chi connectivity index (χ2v) is 7.15. The van der Waals surface area contributed by atoms with Crippen LogP contribution in [0.4, 0.5) is 17.5 Å². The van der Waals surface area contributed by atoms with Crippen LogP contribution in [0, 0.1) is 0 Å². The molecule has 2 aromatic heterocycles. The van der Waals surface area contributed by atoms with E-state index in [1.54, 1.807) is 0 Å². The molecule has 0 fully saturated rings. The number of hydrogen-bond donors (Lipinski definition) is 0. The molecule has 2 heterocycles. The van der Waals surface area contributed by atoms with E-state index in [9.17, 15) is 0 Å². The van der Waals surface area contributed by atoms with Crippen LogP contribution in [0.5, 0.6) is 0 Å². The van der Waals surface area contributed by atoms with Crippen molar-refractivity contribution >= 4 is 17.5 Å². The van der Waals surface area contributed by atoms with Crippen LogP contribution in [0.25, 0.3) is 0 Å². The van der Waals surface area contributed by atoms with Crippen LogP contribution in [0.3, 0.4) is 0 Å². The molecule has 0 N–H and O–H groups in total. The third-order valence-electron chi connectivity index (χ3n) is 4.98. The van der Waals surface area contributed by atoms with Crippen molar-refractivity contribution in [2.24, 2.45) is 0 Å². The number of hydrogen-bond acceptors (Lipinski definition) is 5. The quantitative estimate of drug-likeness (QED) is 0.425. The summed E-state index contributed by atoms with van der Waals surface area (Å²) in [5, 5.41) is 0. The van der Waals surface area contributed by atoms with E-state index in [2.05, 4.69) is 68.3 Å². The van der Waals surface area contributed by atoms with Crippen molar-refractivity contribution in [1.29, 1.82) is 0 Å². The van der Waals surface area contributed by atoms with Gasteiger partial charge in [0.05, 0.1) is 0 Å². The van der Waals surface area contributed by atoms with E-state index in [1.807, 2.05) is 56.0 Å². The summed E-state index contributed by atoms with van der Waals surface area (Å²) in [4.78, 5) is 17.8. The molecule has 5 nitrogen and oxygen atoms in total. The Bertz CT molecular complexity index is 1040. The fraction of sp³-hybridized carbons (Fsp3) is 0.160. The maximum absolute atomic E-state index is 4.89. The van der Waals surface area contributed by atoms with E-state index in [-0.39, 0.29) is 0 Å². The van der Waals surface area contributed by atoms with Crippen molar-refractivity contribution in [3.63, 3.8) is 0 Å². The van der Waals surface area contributed by atoms with Gasteiger partial charge in [0.2, 0.25) is 5.95 Å². The van der Waals surface area contributed by atoms with Gasteiger partial charge in [-0.15, -0.1) is 0 Å². The van der Waals surface area contributed by atoms with Gasteiger partial charge in [-0.2, -0.15) is 4.98 Å². The number of nitrogens with zero attached hydrogens (tertiary/aromatic N) is 5. The molecule has 4 aromatic rings. The van der Waals surface area contributed by atoms with E-state index < -0.39 is 0 Å². The summed E-state index contributed by atoms with van der Waals surface area (Å²) in [5.41, 5.74) is 3.58. The van der Waals surface area contributed by atoms with Gasteiger partial charge in [-0.25, -0.2) is 4.98 Å². The van der Waals surface area contributed by atoms with Gasteiger partial charge in [-0.1, -0.05) is 48.5 Å². The van der Waals surface area contributed by atoms with Gasteiger partial charge in [0.25, 0.3) is 0 Å². The first-order chi connectivity index (χ1) is 14.8. The van der Waals surface area contributed by atoms with Crippen molar-refractivity contribution in [2.45, 2.75) is 13.0 Å². The van der Waals surface area contributed by atoms with Gasteiger partial charge in [0, 0.05) is 44.4 Å². The SMILES string of the molecule is CN(CCc1ccncc1)c1nccc(N(Cc2ccccc2)c2ccccc2)n1. The highest BCUT2D eigenvalue weighted by Crippen LogP contribution is 2.26. The van der Waals surface area contributed by atoms with Crippen LogP contribution < -0.4 is 9.80 Å². The molecule has 0 aliphatic heterocycles. The Kier molecular flexibility index (Phi) is 6.30. The molecule has 0 saturated heterocycles. The predicted octanol–water partition coefficient (Wildman–Crippen LogP) is 4.89. The van der Waals surface area contributed by atoms with E-state index >= 15 is 0 Å². The van der Waals surface area contributed by atoms with Gasteiger partial charge in [0.15, 0.2) is 0 Å². The second-order valence-electron chi connectivity index (χ2n) is 7.15. The summed E-state index contributed by atoms with van der Waals surface area (Å²) in [7, 11) is 2.03. The van der Waals surface area contributed by atoms with Gasteiger partial charge >= 0.3 is 0 Å². The van der Waals surface area contributed by atoms with E-state index in [0.29, 0.717) is 0 Å². The van der Waals surface area contributed by atoms with Crippen molar-refractivity contribution in [3.8, 4) is 0 Å². The number of rotatable bonds is 8. The Morgan fingerprint density at radius 3 is 2.17 bits per heavy atom. The summed E-state index contributed by atoms with van der Waals surface area (Å²) >= 11 is 0. The number of anilines is 3. The predicted molar refractivity (Wildman–Crippen MR) is 122 cm³/mol. The molecule has 0 unspecified atom stereocenters. The summed E-state index contributed by atoms with van der Waals surface area (Å²) < 4.78 is 0. The zero-order chi connectivity index (χ0) is 20.6. The van der Waals surface area contributed by atoms with Crippen molar-refractivity contribution < 1.29 is 0 Å². The minimum absolute atomic E-state index is 0.718. The number of likely N-dealkylation sites (N-methyl/N-ethyl adjacent to an activating group) is 1. The lowest BCUT2D eigenvalue weighted by Gasteiger charge is -2.25. The van der Waals surface area contributed by atoms with Gasteiger partial charge < -0.3 is 9.80 Å². The molecular formula is C25H25N5. The molecule has 5 heteroatoms. The molecule has 0 aliphatic rings. The Hall–Kier alpha value is -3.73. The first-order valence-electron chi connectivity index (χ1n) is 10.1. The fourth-order valence-corrected chi connectivity index (χ4v) is 3.30. The monoisotopic (exact) mass is 395 g/mol. The molecular weight excluding hydrogens is 370 g/mol. The van der Waals surface area contributed by atoms with Gasteiger partial charge in [-0.3, -0.25) is 4.98 Å². The third-order valence-corrected chi connectivity index (χ3v) is 4.98. The molecule has 0 saturated carbocycles. The van der Waals surface area contributed by atoms with Crippen LogP contribution in [0.1, 0.15) is 11.1 Å². The van der Waals surface area contributed by atoms with Crippen LogP contribution in [-0.4, -0.2) is 28.5 Å². The minimum Gasteiger partial charge on any atom is -0.343 e. The molecule has 4 rings (SSSR count). The highest BCUT2D eigenvalue weighted by Gasteiger charge is 2.14. The number of benzene rings is 2. The lowest BCUT2D eigenvalue weighted by molar-refractivity contribution is 0.829. The summed E-state index contributed by atoms with van der Waals surface area (Å²) in [5.74, 6) is 1.60. The molecule has 0 radical (unpaired) electrons. The van der Waals surface area contributed by atoms with E-state index in [1.165, 1.54) is 11.1 Å². The molecule has 0 amide bonds. The zero-order valence-electron chi connectivity index (χ0n) is 17.1. The summed E-state index contributed by atoms with van der Waals surface area (Å²) in [6, 6.07) is 26.9. The smallest absolute Gasteiger partial charge is 0.227 e. The van der Waals surface area contributed by atoms with Crippen molar-refractivity contribution in [2.75, 3.05) is 23.4 Å². The largest absolute Gasteiger partial charge is 0.343 e. The molecule has 0 aliphatic carbocycles. The molecule has 0 bridgehead atoms. The zero-order valence-corrected chi connectivity index (χ0v) is 17.1. The third kappa shape index (κ3) is 5.00. The normalized spacial score (nSPS) is 10.6. The first kappa shape index (κ1) is 19.6. The van der Waals surface area contributed by atoms with Crippen LogP contribution in [0.15, 0.2) is 97.5 Å². The van der Waals surface area contributed by atoms with E-state index in [4.69, 9.17) is 4.98 Å². The molecule has 2 aromatic carbocycles. The van der Waals surface area contributed by atoms with Crippen molar-refractivity contribution in [1.82, 2.24) is 15.0 Å². The fourth-order valence-electron chi connectivity index (χ4n) is 3.30. The van der Waals surface area contributed by atoms with E-state index in [0.717, 1.165) is 37.0 Å². The van der Waals surface area contributed by atoms with Gasteiger partial charge in [-0.05, 0) is 47.9 Å². The lowest BCUT2D eigenvalue weighted by atomic mass is 10.2. The molecule has 0 atom stereocenters. The van der Waals surface area contributed by atoms with Crippen LogP contribution >= 0.6 is 0 Å². The Morgan fingerprint density at radius 2 is 1.43 bits per heavy atom. The molecule has 30 heavy (non-hydrogen) atoms. The lowest BCUT2D eigenvalue weighted by Crippen LogP contribution is -2.24. The highest BCUT2D eigenvalue weighted by atomic mass is 15.3. The number of para-hydroxylation sites is 1. The second kappa shape index (κ2) is 9.65. The van der Waals surface area contributed by atoms with Gasteiger partial charge in [0.1, 0.15) is 5.82 Å². The standard InChI is InChI=1S/C25H25N5/c1-29(19-15-21-12-16-26-17-13-21)25-27-18-14-24(28-25)30(23-10-6-3-7-11-23)20-22-8-4-2-5-9-22/h2-14,16-18H,15,19-20H2,1H3. The molecule has 150 valence electrons. The average molecular weight is 396 g/mol. The Labute approximate surface area is 177 Å². The Balaban J connectivity index is 1.57. The van der Waals surface area contributed by atoms with Crippen LogP contribution in [-0.2, 0) is 13.0 Å². The van der Waals surface area contributed by atoms with Crippen molar-refractivity contribution in [3.05, 3.63) is 109 Å². The number of aromatic nitrogens is 3. The number of pyridine rings is 1. The topological polar surface area (TPSA) is 45.2 Å². The maximum atomic E-state index is 4.89. The maximum Gasteiger partial charge on any atom is 0.227 e. The Morgan fingerprint density at radius 1 is 0.733 bits per heavy atom. The average Bonchev–Trinajstić information content (AvgIpc) is 2.83. The minimum atomic E-state index is 0.718. The first-order valence-corrected chi connectivity index (χ1v) is 10.1. The van der Waals surface area contributed by atoms with Crippen LogP contribution in [0.2, 0.25) is 0 Å².